The van der Waals surface area contributed by atoms with Gasteiger partial charge in [-0.15, -0.1) is 0 Å². The number of quaternary nitrogens is 1. The van der Waals surface area contributed by atoms with E-state index in [2.05, 4.69) is 63.1 Å². The van der Waals surface area contributed by atoms with Gasteiger partial charge < -0.3 is 26.2 Å². The Bertz CT molecular complexity index is 695. The Kier molecular flexibility index (Phi) is 6.98. The fraction of sp³-hybridized carbons (Fsp3) is 0.316. The van der Waals surface area contributed by atoms with E-state index in [-0.39, 0.29) is 23.0 Å². The molecule has 0 radical (unpaired) electrons. The highest BCUT2D eigenvalue weighted by molar-refractivity contribution is 5.86. The first-order valence-electron chi connectivity index (χ1n) is 7.50. The average Bonchev–Trinajstić information content (AvgIpc) is 2.46. The Balaban J connectivity index is 0.00000264. The summed E-state index contributed by atoms with van der Waals surface area (Å²) in [6.45, 7) is 7.33. The summed E-state index contributed by atoms with van der Waals surface area (Å²) in [6, 6.07) is 14.9. The topological polar surface area (TPSA) is 26.3 Å². The van der Waals surface area contributed by atoms with Crippen LogP contribution >= 0.6 is 0 Å². The molecule has 0 spiro atoms. The molecule has 0 fully saturated rings. The third-order valence-corrected chi connectivity index (χ3v) is 3.70. The number of halogens is 1. The maximum Gasteiger partial charge on any atom is 0.333 e. The number of hydrogen-bond donors (Lipinski definition) is 0. The minimum atomic E-state index is -0.314. The molecule has 4 heteroatoms. The van der Waals surface area contributed by atoms with Crippen LogP contribution in [0.15, 0.2) is 54.6 Å². The fourth-order valence-electron chi connectivity index (χ4n) is 2.42. The molecular formula is C19H24BrNO2. The van der Waals surface area contributed by atoms with E-state index in [4.69, 9.17) is 4.74 Å². The maximum atomic E-state index is 11.4. The number of ether oxygens (including phenoxy) is 1. The SMILES string of the molecule is C=C(C)C(=O)OCC[N+](C)(C)Cc1ccc2ccccc2c1.[Br-]. The summed E-state index contributed by atoms with van der Waals surface area (Å²) in [7, 11) is 4.29. The number of carbonyl (C=O) groups excluding carboxylic acids is 1. The van der Waals surface area contributed by atoms with Crippen molar-refractivity contribution in [2.45, 2.75) is 13.5 Å². The standard InChI is InChI=1S/C19H24NO2.BrH/c1-15(2)19(21)22-12-11-20(3,4)14-16-9-10-17-7-5-6-8-18(17)13-16;/h5-10,13H,1,11-12,14H2,2-4H3;1H/q+1;/p-1. The zero-order valence-corrected chi connectivity index (χ0v) is 15.6. The Hall–Kier alpha value is -1.65. The molecule has 2 aromatic rings. The van der Waals surface area contributed by atoms with Gasteiger partial charge in [0.05, 0.1) is 14.1 Å². The molecule has 0 saturated carbocycles. The van der Waals surface area contributed by atoms with Crippen LogP contribution in [-0.4, -0.2) is 37.7 Å². The van der Waals surface area contributed by atoms with Crippen LogP contribution in [0, 0.1) is 0 Å². The lowest BCUT2D eigenvalue weighted by Crippen LogP contribution is -3.00. The van der Waals surface area contributed by atoms with E-state index in [9.17, 15) is 4.79 Å². The molecule has 0 aliphatic rings. The highest BCUT2D eigenvalue weighted by atomic mass is 79.9. The van der Waals surface area contributed by atoms with Crippen molar-refractivity contribution in [3.63, 3.8) is 0 Å². The molecule has 0 heterocycles. The lowest BCUT2D eigenvalue weighted by atomic mass is 10.1. The summed E-state index contributed by atoms with van der Waals surface area (Å²) in [5.41, 5.74) is 1.73. The van der Waals surface area contributed by atoms with Crippen LogP contribution in [0.25, 0.3) is 10.8 Å². The smallest absolute Gasteiger partial charge is 0.333 e. The molecule has 0 unspecified atom stereocenters. The van der Waals surface area contributed by atoms with Gasteiger partial charge in [-0.3, -0.25) is 0 Å². The Labute approximate surface area is 148 Å². The van der Waals surface area contributed by atoms with Crippen LogP contribution in [0.3, 0.4) is 0 Å². The van der Waals surface area contributed by atoms with Crippen molar-refractivity contribution in [1.82, 2.24) is 0 Å². The van der Waals surface area contributed by atoms with Crippen LogP contribution in [0.4, 0.5) is 0 Å². The van der Waals surface area contributed by atoms with Gasteiger partial charge in [0.1, 0.15) is 19.7 Å². The largest absolute Gasteiger partial charge is 1.00 e. The number of rotatable bonds is 6. The van der Waals surface area contributed by atoms with Gasteiger partial charge >= 0.3 is 5.97 Å². The van der Waals surface area contributed by atoms with Gasteiger partial charge in [-0.05, 0) is 23.8 Å². The van der Waals surface area contributed by atoms with Crippen LogP contribution in [-0.2, 0) is 16.1 Å². The minimum Gasteiger partial charge on any atom is -1.00 e. The number of hydrogen-bond acceptors (Lipinski definition) is 2. The Morgan fingerprint density at radius 2 is 1.78 bits per heavy atom. The normalized spacial score (nSPS) is 10.9. The molecule has 0 aliphatic heterocycles. The second kappa shape index (κ2) is 8.27. The quantitative estimate of drug-likeness (QED) is 0.417. The van der Waals surface area contributed by atoms with Crippen molar-refractivity contribution in [1.29, 1.82) is 0 Å². The number of nitrogens with zero attached hydrogens (tertiary/aromatic N) is 1. The molecule has 124 valence electrons. The first kappa shape index (κ1) is 19.4. The van der Waals surface area contributed by atoms with Crippen LogP contribution < -0.4 is 17.0 Å². The van der Waals surface area contributed by atoms with Gasteiger partial charge in [-0.1, -0.05) is 43.0 Å². The number of fused-ring (bicyclic) bond motifs is 1. The van der Waals surface area contributed by atoms with Crippen molar-refractivity contribution in [3.8, 4) is 0 Å². The van der Waals surface area contributed by atoms with Crippen molar-refractivity contribution in [2.24, 2.45) is 0 Å². The molecule has 0 aliphatic carbocycles. The number of esters is 1. The average molecular weight is 378 g/mol. The molecule has 0 N–H and O–H groups in total. The van der Waals surface area contributed by atoms with Gasteiger partial charge in [0, 0.05) is 11.1 Å². The fourth-order valence-corrected chi connectivity index (χ4v) is 2.42. The third kappa shape index (κ3) is 5.81. The van der Waals surface area contributed by atoms with E-state index >= 15 is 0 Å². The summed E-state index contributed by atoms with van der Waals surface area (Å²) in [5.74, 6) is -0.314. The predicted octanol–water partition coefficient (Wildman–Crippen LogP) is 0.540. The molecule has 0 amide bonds. The Morgan fingerprint density at radius 3 is 2.43 bits per heavy atom. The molecule has 0 bridgehead atoms. The van der Waals surface area contributed by atoms with E-state index in [0.29, 0.717) is 12.2 Å². The highest BCUT2D eigenvalue weighted by Gasteiger charge is 2.17. The predicted molar refractivity (Wildman–Crippen MR) is 90.4 cm³/mol. The van der Waals surface area contributed by atoms with Crippen molar-refractivity contribution >= 4 is 16.7 Å². The monoisotopic (exact) mass is 377 g/mol. The van der Waals surface area contributed by atoms with E-state index in [1.807, 2.05) is 0 Å². The van der Waals surface area contributed by atoms with Gasteiger partial charge in [-0.25, -0.2) is 4.79 Å². The van der Waals surface area contributed by atoms with Crippen LogP contribution in [0.1, 0.15) is 12.5 Å². The van der Waals surface area contributed by atoms with Gasteiger partial charge in [0.2, 0.25) is 0 Å². The molecule has 0 aromatic heterocycles. The molecule has 0 saturated heterocycles. The summed E-state index contributed by atoms with van der Waals surface area (Å²) in [5, 5.41) is 2.51. The molecule has 23 heavy (non-hydrogen) atoms. The molecule has 2 rings (SSSR count). The first-order valence-corrected chi connectivity index (χ1v) is 7.50. The van der Waals surface area contributed by atoms with Crippen molar-refractivity contribution < 1.29 is 31.0 Å². The minimum absolute atomic E-state index is 0. The summed E-state index contributed by atoms with van der Waals surface area (Å²) in [4.78, 5) is 11.4. The van der Waals surface area contributed by atoms with Crippen LogP contribution in [0.2, 0.25) is 0 Å². The van der Waals surface area contributed by atoms with Gasteiger partial charge in [-0.2, -0.15) is 0 Å². The van der Waals surface area contributed by atoms with E-state index < -0.39 is 0 Å². The van der Waals surface area contributed by atoms with Crippen molar-refractivity contribution in [3.05, 3.63) is 60.2 Å². The number of benzene rings is 2. The molecule has 0 atom stereocenters. The van der Waals surface area contributed by atoms with Gasteiger partial charge in [0.25, 0.3) is 0 Å². The zero-order valence-electron chi connectivity index (χ0n) is 14.0. The first-order chi connectivity index (χ1) is 10.4. The summed E-state index contributed by atoms with van der Waals surface area (Å²) in [6.07, 6.45) is 0. The lowest BCUT2D eigenvalue weighted by Gasteiger charge is -2.29. The second-order valence-electron chi connectivity index (χ2n) is 6.42. The third-order valence-electron chi connectivity index (χ3n) is 3.70. The molecular weight excluding hydrogens is 354 g/mol. The van der Waals surface area contributed by atoms with Gasteiger partial charge in [0.15, 0.2) is 0 Å². The summed E-state index contributed by atoms with van der Waals surface area (Å²) < 4.78 is 5.96. The van der Waals surface area contributed by atoms with E-state index in [1.165, 1.54) is 16.3 Å². The lowest BCUT2D eigenvalue weighted by molar-refractivity contribution is -0.903. The second-order valence-corrected chi connectivity index (χ2v) is 6.42. The van der Waals surface area contributed by atoms with E-state index in [1.54, 1.807) is 6.92 Å². The summed E-state index contributed by atoms with van der Waals surface area (Å²) >= 11 is 0. The number of likely N-dealkylation sites (N-methyl/N-ethyl adjacent to an activating group) is 1. The van der Waals surface area contributed by atoms with E-state index in [0.717, 1.165) is 17.6 Å². The zero-order chi connectivity index (χ0) is 16.2. The Morgan fingerprint density at radius 1 is 1.13 bits per heavy atom. The van der Waals surface area contributed by atoms with Crippen molar-refractivity contribution in [2.75, 3.05) is 27.2 Å². The molecule has 3 nitrogen and oxygen atoms in total. The molecule has 2 aromatic carbocycles. The maximum absolute atomic E-state index is 11.4. The number of carbonyl (C=O) groups is 1. The highest BCUT2D eigenvalue weighted by Crippen LogP contribution is 2.18. The van der Waals surface area contributed by atoms with Crippen LogP contribution in [0.5, 0.6) is 0 Å².